The highest BCUT2D eigenvalue weighted by Gasteiger charge is 2.40. The Hall–Kier alpha value is -4.12. The molecule has 2 heterocycles. The molecule has 10 nitrogen and oxygen atoms in total. The third-order valence-corrected chi connectivity index (χ3v) is 6.16. The summed E-state index contributed by atoms with van der Waals surface area (Å²) < 4.78 is 27.1. The van der Waals surface area contributed by atoms with Crippen LogP contribution in [0.3, 0.4) is 0 Å². The second-order valence-electron chi connectivity index (χ2n) is 6.89. The van der Waals surface area contributed by atoms with Gasteiger partial charge in [-0.15, -0.1) is 0 Å². The minimum absolute atomic E-state index is 0.0589. The van der Waals surface area contributed by atoms with Crippen LogP contribution >= 0.6 is 0 Å². The normalized spacial score (nSPS) is 14.1. The van der Waals surface area contributed by atoms with E-state index < -0.39 is 33.8 Å². The van der Waals surface area contributed by atoms with Crippen LogP contribution in [0.25, 0.3) is 0 Å². The van der Waals surface area contributed by atoms with E-state index >= 15 is 0 Å². The number of hydrogen-bond donors (Lipinski definition) is 2. The van der Waals surface area contributed by atoms with E-state index in [1.165, 1.54) is 55.7 Å². The smallest absolute Gasteiger partial charge is 0.264 e. The number of imide groups is 1. The van der Waals surface area contributed by atoms with Gasteiger partial charge in [-0.05, 0) is 49.4 Å². The third kappa shape index (κ3) is 3.93. The van der Waals surface area contributed by atoms with Gasteiger partial charge in [-0.2, -0.15) is 0 Å². The highest BCUT2D eigenvalue weighted by atomic mass is 32.2. The van der Waals surface area contributed by atoms with Crippen molar-refractivity contribution in [3.8, 4) is 0 Å². The summed E-state index contributed by atoms with van der Waals surface area (Å²) in [5.41, 5.74) is 0.802. The van der Waals surface area contributed by atoms with Crippen molar-refractivity contribution in [2.24, 2.45) is 0 Å². The van der Waals surface area contributed by atoms with Gasteiger partial charge in [0.2, 0.25) is 11.9 Å². The van der Waals surface area contributed by atoms with Crippen molar-refractivity contribution in [2.45, 2.75) is 17.9 Å². The van der Waals surface area contributed by atoms with Gasteiger partial charge in [-0.25, -0.2) is 23.1 Å². The molecule has 3 amide bonds. The van der Waals surface area contributed by atoms with Crippen LogP contribution in [0, 0.1) is 0 Å². The minimum atomic E-state index is -3.92. The number of aromatic nitrogens is 2. The molecular weight excluding hydrogens is 434 g/mol. The molecule has 3 aromatic rings. The van der Waals surface area contributed by atoms with Crippen LogP contribution in [0.5, 0.6) is 0 Å². The molecule has 2 N–H and O–H groups in total. The number of anilines is 2. The van der Waals surface area contributed by atoms with E-state index in [9.17, 15) is 22.8 Å². The lowest BCUT2D eigenvalue weighted by Crippen LogP contribution is -2.45. The van der Waals surface area contributed by atoms with Crippen molar-refractivity contribution >= 4 is 39.4 Å². The first-order valence-corrected chi connectivity index (χ1v) is 10.9. The Bertz CT molecular complexity index is 1270. The maximum Gasteiger partial charge on any atom is 0.264 e. The summed E-state index contributed by atoms with van der Waals surface area (Å²) in [6.07, 6.45) is 2.80. The fourth-order valence-electron chi connectivity index (χ4n) is 3.17. The molecule has 4 rings (SSSR count). The molecule has 162 valence electrons. The Morgan fingerprint density at radius 3 is 2.03 bits per heavy atom. The molecule has 0 fully saturated rings. The molecule has 1 aromatic heterocycles. The Kier molecular flexibility index (Phi) is 5.41. The Labute approximate surface area is 183 Å². The Balaban J connectivity index is 1.45. The Morgan fingerprint density at radius 2 is 1.47 bits per heavy atom. The minimum Gasteiger partial charge on any atom is -0.324 e. The average Bonchev–Trinajstić information content (AvgIpc) is 3.04. The first-order chi connectivity index (χ1) is 15.3. The van der Waals surface area contributed by atoms with Crippen LogP contribution in [0.4, 0.5) is 11.6 Å². The lowest BCUT2D eigenvalue weighted by molar-refractivity contribution is -0.119. The largest absolute Gasteiger partial charge is 0.324 e. The van der Waals surface area contributed by atoms with E-state index in [0.717, 1.165) is 4.90 Å². The molecule has 11 heteroatoms. The molecule has 32 heavy (non-hydrogen) atoms. The van der Waals surface area contributed by atoms with Gasteiger partial charge >= 0.3 is 0 Å². The van der Waals surface area contributed by atoms with Crippen LogP contribution < -0.4 is 10.0 Å². The van der Waals surface area contributed by atoms with Crippen molar-refractivity contribution in [1.82, 2.24) is 14.9 Å². The van der Waals surface area contributed by atoms with E-state index in [2.05, 4.69) is 20.0 Å². The zero-order valence-corrected chi connectivity index (χ0v) is 17.5. The van der Waals surface area contributed by atoms with Crippen molar-refractivity contribution in [3.63, 3.8) is 0 Å². The van der Waals surface area contributed by atoms with Gasteiger partial charge in [0.15, 0.2) is 0 Å². The zero-order valence-electron chi connectivity index (χ0n) is 16.7. The number of amides is 3. The molecular formula is C21H17N5O5S. The van der Waals surface area contributed by atoms with E-state index in [0.29, 0.717) is 5.69 Å². The van der Waals surface area contributed by atoms with Crippen molar-refractivity contribution in [2.75, 3.05) is 10.0 Å². The summed E-state index contributed by atoms with van der Waals surface area (Å²) in [4.78, 5) is 46.2. The predicted molar refractivity (Wildman–Crippen MR) is 114 cm³/mol. The van der Waals surface area contributed by atoms with Gasteiger partial charge in [-0.3, -0.25) is 19.3 Å². The van der Waals surface area contributed by atoms with Gasteiger partial charge in [-0.1, -0.05) is 12.1 Å². The monoisotopic (exact) mass is 451 g/mol. The standard InChI is InChI=1S/C21H17N5O5S/c1-13(26-19(28)16-5-2-3-6-17(16)20(26)29)18(27)24-14-7-9-15(10-8-14)32(30,31)25-21-22-11-4-12-23-21/h2-13H,1H3,(H,24,27)(H,22,23,25)/t13-/m1/s1. The topological polar surface area (TPSA) is 138 Å². The summed E-state index contributed by atoms with van der Waals surface area (Å²) >= 11 is 0. The van der Waals surface area contributed by atoms with Crippen LogP contribution in [-0.2, 0) is 14.8 Å². The van der Waals surface area contributed by atoms with Gasteiger partial charge in [0.25, 0.3) is 21.8 Å². The maximum absolute atomic E-state index is 12.7. The molecule has 0 aliphatic carbocycles. The molecule has 2 aromatic carbocycles. The lowest BCUT2D eigenvalue weighted by atomic mass is 10.1. The number of sulfonamides is 1. The van der Waals surface area contributed by atoms with E-state index in [-0.39, 0.29) is 22.0 Å². The highest BCUT2D eigenvalue weighted by molar-refractivity contribution is 7.92. The van der Waals surface area contributed by atoms with Gasteiger partial charge in [0, 0.05) is 18.1 Å². The average molecular weight is 451 g/mol. The lowest BCUT2D eigenvalue weighted by Gasteiger charge is -2.21. The molecule has 0 unspecified atom stereocenters. The van der Waals surface area contributed by atoms with Crippen molar-refractivity contribution < 1.29 is 22.8 Å². The molecule has 0 saturated carbocycles. The van der Waals surface area contributed by atoms with Gasteiger partial charge in [0.05, 0.1) is 16.0 Å². The number of carbonyl (C=O) groups excluding carboxylic acids is 3. The van der Waals surface area contributed by atoms with Crippen LogP contribution in [0.2, 0.25) is 0 Å². The number of nitrogens with one attached hydrogen (secondary N) is 2. The summed E-state index contributed by atoms with van der Waals surface area (Å²) in [5, 5.41) is 2.59. The summed E-state index contributed by atoms with van der Waals surface area (Å²) in [5.74, 6) is -1.74. The molecule has 1 atom stereocenters. The molecule has 0 saturated heterocycles. The fraction of sp³-hybridized carbons (Fsp3) is 0.0952. The van der Waals surface area contributed by atoms with Crippen molar-refractivity contribution in [1.29, 1.82) is 0 Å². The van der Waals surface area contributed by atoms with E-state index in [1.54, 1.807) is 18.2 Å². The zero-order chi connectivity index (χ0) is 22.9. The first kappa shape index (κ1) is 21.1. The molecule has 0 bridgehead atoms. The van der Waals surface area contributed by atoms with Crippen LogP contribution in [0.1, 0.15) is 27.6 Å². The molecule has 0 radical (unpaired) electrons. The van der Waals surface area contributed by atoms with E-state index in [1.807, 2.05) is 0 Å². The highest BCUT2D eigenvalue weighted by Crippen LogP contribution is 2.25. The number of nitrogens with zero attached hydrogens (tertiary/aromatic N) is 3. The summed E-state index contributed by atoms with van der Waals surface area (Å²) in [7, 11) is -3.92. The number of rotatable bonds is 6. The number of fused-ring (bicyclic) bond motifs is 1. The summed E-state index contributed by atoms with van der Waals surface area (Å²) in [6.45, 7) is 1.44. The third-order valence-electron chi connectivity index (χ3n) is 4.82. The quantitative estimate of drug-likeness (QED) is 0.546. The van der Waals surface area contributed by atoms with E-state index in [4.69, 9.17) is 0 Å². The molecule has 1 aliphatic heterocycles. The number of hydrogen-bond acceptors (Lipinski definition) is 7. The number of benzene rings is 2. The van der Waals surface area contributed by atoms with Crippen LogP contribution in [0.15, 0.2) is 71.9 Å². The summed E-state index contributed by atoms with van der Waals surface area (Å²) in [6, 6.07) is 12.2. The van der Waals surface area contributed by atoms with Crippen molar-refractivity contribution in [3.05, 3.63) is 78.1 Å². The van der Waals surface area contributed by atoms with Gasteiger partial charge in [0.1, 0.15) is 6.04 Å². The second-order valence-corrected chi connectivity index (χ2v) is 8.58. The number of carbonyl (C=O) groups is 3. The molecule has 0 spiro atoms. The van der Waals surface area contributed by atoms with Crippen LogP contribution in [-0.4, -0.2) is 47.0 Å². The second kappa shape index (κ2) is 8.19. The predicted octanol–water partition coefficient (Wildman–Crippen LogP) is 1.90. The fourth-order valence-corrected chi connectivity index (χ4v) is 4.13. The SMILES string of the molecule is C[C@H](C(=O)Nc1ccc(S(=O)(=O)Nc2ncccn2)cc1)N1C(=O)c2ccccc2C1=O. The van der Waals surface area contributed by atoms with Gasteiger partial charge < -0.3 is 5.32 Å². The Morgan fingerprint density at radius 1 is 0.906 bits per heavy atom. The molecule has 1 aliphatic rings. The maximum atomic E-state index is 12.7. The first-order valence-electron chi connectivity index (χ1n) is 9.45.